The SMILES string of the molecule is Cc1cc(CN2CCCC(C3CCCN3)C2)no1. The van der Waals surface area contributed by atoms with Gasteiger partial charge in [0.15, 0.2) is 0 Å². The average molecular weight is 249 g/mol. The molecule has 18 heavy (non-hydrogen) atoms. The minimum atomic E-state index is 0.756. The standard InChI is InChI=1S/C14H23N3O/c1-11-8-13(16-18-11)10-17-7-3-4-12(9-17)14-5-2-6-15-14/h8,12,14-15H,2-7,9-10H2,1H3. The summed E-state index contributed by atoms with van der Waals surface area (Å²) in [7, 11) is 0. The molecule has 0 aliphatic carbocycles. The van der Waals surface area contributed by atoms with Gasteiger partial charge < -0.3 is 9.84 Å². The summed E-state index contributed by atoms with van der Waals surface area (Å²) in [6, 6.07) is 2.81. The number of piperidine rings is 1. The predicted octanol–water partition coefficient (Wildman–Crippen LogP) is 1.95. The van der Waals surface area contributed by atoms with Crippen LogP contribution in [-0.2, 0) is 6.54 Å². The summed E-state index contributed by atoms with van der Waals surface area (Å²) in [6.07, 6.45) is 5.41. The molecule has 2 atom stereocenters. The molecule has 1 N–H and O–H groups in total. The molecule has 3 rings (SSSR count). The molecule has 0 aromatic carbocycles. The third-order valence-corrected chi connectivity index (χ3v) is 4.27. The minimum absolute atomic E-state index is 0.756. The van der Waals surface area contributed by atoms with Gasteiger partial charge in [-0.3, -0.25) is 4.90 Å². The Morgan fingerprint density at radius 3 is 3.11 bits per heavy atom. The van der Waals surface area contributed by atoms with Gasteiger partial charge in [0.25, 0.3) is 0 Å². The molecule has 0 saturated carbocycles. The lowest BCUT2D eigenvalue weighted by Crippen LogP contribution is -2.43. The second-order valence-electron chi connectivity index (χ2n) is 5.77. The highest BCUT2D eigenvalue weighted by molar-refractivity contribution is 5.03. The molecule has 3 heterocycles. The van der Waals surface area contributed by atoms with Crippen molar-refractivity contribution < 1.29 is 4.52 Å². The number of aromatic nitrogens is 1. The molecule has 4 heteroatoms. The van der Waals surface area contributed by atoms with Crippen molar-refractivity contribution in [1.29, 1.82) is 0 Å². The summed E-state index contributed by atoms with van der Waals surface area (Å²) >= 11 is 0. The van der Waals surface area contributed by atoms with Crippen molar-refractivity contribution >= 4 is 0 Å². The molecule has 0 spiro atoms. The minimum Gasteiger partial charge on any atom is -0.361 e. The first kappa shape index (κ1) is 12.2. The van der Waals surface area contributed by atoms with Crippen LogP contribution in [0.1, 0.15) is 37.1 Å². The van der Waals surface area contributed by atoms with Crippen molar-refractivity contribution in [3.05, 3.63) is 17.5 Å². The Bertz CT molecular complexity index is 384. The summed E-state index contributed by atoms with van der Waals surface area (Å²) in [5.41, 5.74) is 1.08. The number of nitrogens with one attached hydrogen (secondary N) is 1. The smallest absolute Gasteiger partial charge is 0.133 e. The molecule has 2 aliphatic rings. The van der Waals surface area contributed by atoms with Gasteiger partial charge in [-0.1, -0.05) is 5.16 Å². The summed E-state index contributed by atoms with van der Waals surface area (Å²) in [5, 5.41) is 7.75. The molecule has 100 valence electrons. The molecule has 0 radical (unpaired) electrons. The highest BCUT2D eigenvalue weighted by Crippen LogP contribution is 2.25. The Kier molecular flexibility index (Phi) is 3.66. The van der Waals surface area contributed by atoms with E-state index in [0.717, 1.165) is 30.0 Å². The van der Waals surface area contributed by atoms with E-state index < -0.39 is 0 Å². The molecular weight excluding hydrogens is 226 g/mol. The van der Waals surface area contributed by atoms with Crippen molar-refractivity contribution in [2.24, 2.45) is 5.92 Å². The highest BCUT2D eigenvalue weighted by atomic mass is 16.5. The first-order valence-corrected chi connectivity index (χ1v) is 7.19. The zero-order chi connectivity index (χ0) is 12.4. The Hall–Kier alpha value is -0.870. The van der Waals surface area contributed by atoms with Crippen LogP contribution in [0.25, 0.3) is 0 Å². The lowest BCUT2D eigenvalue weighted by molar-refractivity contribution is 0.142. The number of hydrogen-bond donors (Lipinski definition) is 1. The molecule has 2 aliphatic heterocycles. The van der Waals surface area contributed by atoms with E-state index in [-0.39, 0.29) is 0 Å². The van der Waals surface area contributed by atoms with E-state index in [4.69, 9.17) is 4.52 Å². The average Bonchev–Trinajstić information content (AvgIpc) is 3.01. The first-order valence-electron chi connectivity index (χ1n) is 7.19. The summed E-state index contributed by atoms with van der Waals surface area (Å²) in [5.74, 6) is 1.74. The summed E-state index contributed by atoms with van der Waals surface area (Å²) in [4.78, 5) is 2.53. The highest BCUT2D eigenvalue weighted by Gasteiger charge is 2.29. The Balaban J connectivity index is 1.56. The van der Waals surface area contributed by atoms with E-state index in [1.54, 1.807) is 0 Å². The van der Waals surface area contributed by atoms with Gasteiger partial charge in [-0.25, -0.2) is 0 Å². The normalized spacial score (nSPS) is 29.8. The maximum Gasteiger partial charge on any atom is 0.133 e. The largest absolute Gasteiger partial charge is 0.361 e. The fourth-order valence-corrected chi connectivity index (χ4v) is 3.40. The van der Waals surface area contributed by atoms with Crippen molar-refractivity contribution in [2.45, 2.75) is 45.2 Å². The molecule has 2 unspecified atom stereocenters. The van der Waals surface area contributed by atoms with Gasteiger partial charge in [-0.15, -0.1) is 0 Å². The van der Waals surface area contributed by atoms with Crippen LogP contribution in [-0.4, -0.2) is 35.7 Å². The molecule has 0 amide bonds. The maximum atomic E-state index is 5.14. The van der Waals surface area contributed by atoms with Crippen molar-refractivity contribution in [3.8, 4) is 0 Å². The Morgan fingerprint density at radius 1 is 1.44 bits per heavy atom. The third kappa shape index (κ3) is 2.75. The monoisotopic (exact) mass is 249 g/mol. The van der Waals surface area contributed by atoms with Gasteiger partial charge >= 0.3 is 0 Å². The van der Waals surface area contributed by atoms with Gasteiger partial charge in [0.2, 0.25) is 0 Å². The van der Waals surface area contributed by atoms with Gasteiger partial charge in [0.05, 0.1) is 5.69 Å². The molecule has 0 bridgehead atoms. The van der Waals surface area contributed by atoms with Crippen LogP contribution in [0.3, 0.4) is 0 Å². The Morgan fingerprint density at radius 2 is 2.39 bits per heavy atom. The third-order valence-electron chi connectivity index (χ3n) is 4.27. The lowest BCUT2D eigenvalue weighted by atomic mass is 9.90. The lowest BCUT2D eigenvalue weighted by Gasteiger charge is -2.35. The quantitative estimate of drug-likeness (QED) is 0.889. The zero-order valence-electron chi connectivity index (χ0n) is 11.2. The van der Waals surface area contributed by atoms with Crippen molar-refractivity contribution in [1.82, 2.24) is 15.4 Å². The summed E-state index contributed by atoms with van der Waals surface area (Å²) < 4.78 is 5.14. The van der Waals surface area contributed by atoms with Gasteiger partial charge in [0.1, 0.15) is 5.76 Å². The molecule has 1 aromatic heterocycles. The number of aryl methyl sites for hydroxylation is 1. The molecule has 2 fully saturated rings. The molecular formula is C14H23N3O. The van der Waals surface area contributed by atoms with Crippen LogP contribution in [0.4, 0.5) is 0 Å². The second-order valence-corrected chi connectivity index (χ2v) is 5.77. The van der Waals surface area contributed by atoms with Crippen LogP contribution < -0.4 is 5.32 Å². The van der Waals surface area contributed by atoms with E-state index in [1.807, 2.05) is 6.92 Å². The summed E-state index contributed by atoms with van der Waals surface area (Å²) in [6.45, 7) is 6.53. The number of nitrogens with zero attached hydrogens (tertiary/aromatic N) is 2. The number of rotatable bonds is 3. The molecule has 4 nitrogen and oxygen atoms in total. The van der Waals surface area contributed by atoms with Crippen LogP contribution in [0.5, 0.6) is 0 Å². The number of likely N-dealkylation sites (tertiary alicyclic amines) is 1. The van der Waals surface area contributed by atoms with Crippen LogP contribution in [0.2, 0.25) is 0 Å². The Labute approximate surface area is 109 Å². The van der Waals surface area contributed by atoms with Gasteiger partial charge in [-0.05, 0) is 51.6 Å². The maximum absolute atomic E-state index is 5.14. The number of hydrogen-bond acceptors (Lipinski definition) is 4. The fraction of sp³-hybridized carbons (Fsp3) is 0.786. The van der Waals surface area contributed by atoms with E-state index in [2.05, 4.69) is 21.4 Å². The van der Waals surface area contributed by atoms with E-state index in [1.165, 1.54) is 45.3 Å². The van der Waals surface area contributed by atoms with Crippen LogP contribution >= 0.6 is 0 Å². The first-order chi connectivity index (χ1) is 8.81. The predicted molar refractivity (Wildman–Crippen MR) is 70.3 cm³/mol. The van der Waals surface area contributed by atoms with Crippen molar-refractivity contribution in [2.75, 3.05) is 19.6 Å². The van der Waals surface area contributed by atoms with E-state index in [9.17, 15) is 0 Å². The van der Waals surface area contributed by atoms with Crippen LogP contribution in [0.15, 0.2) is 10.6 Å². The van der Waals surface area contributed by atoms with Crippen LogP contribution in [0, 0.1) is 12.8 Å². The second kappa shape index (κ2) is 5.41. The molecule has 1 aromatic rings. The van der Waals surface area contributed by atoms with E-state index in [0.29, 0.717) is 0 Å². The van der Waals surface area contributed by atoms with Crippen molar-refractivity contribution in [3.63, 3.8) is 0 Å². The van der Waals surface area contributed by atoms with Gasteiger partial charge in [0, 0.05) is 25.2 Å². The van der Waals surface area contributed by atoms with Gasteiger partial charge in [-0.2, -0.15) is 0 Å². The fourth-order valence-electron chi connectivity index (χ4n) is 3.40. The molecule has 2 saturated heterocycles. The zero-order valence-corrected chi connectivity index (χ0v) is 11.2. The topological polar surface area (TPSA) is 41.3 Å². The van der Waals surface area contributed by atoms with E-state index >= 15 is 0 Å².